The van der Waals surface area contributed by atoms with Gasteiger partial charge < -0.3 is 11.1 Å². The molecule has 0 radical (unpaired) electrons. The molecule has 2 aromatic carbocycles. The summed E-state index contributed by atoms with van der Waals surface area (Å²) in [6.07, 6.45) is 4.38. The highest BCUT2D eigenvalue weighted by Crippen LogP contribution is 2.36. The van der Waals surface area contributed by atoms with Gasteiger partial charge in [-0.25, -0.2) is 4.39 Å². The smallest absolute Gasteiger partial charge is 0.251 e. The van der Waals surface area contributed by atoms with Crippen LogP contribution in [0, 0.1) is 11.7 Å². The van der Waals surface area contributed by atoms with E-state index in [1.807, 2.05) is 0 Å². The highest BCUT2D eigenvalue weighted by Gasteiger charge is 2.28. The molecule has 0 spiro atoms. The summed E-state index contributed by atoms with van der Waals surface area (Å²) in [6.45, 7) is 0. The second kappa shape index (κ2) is 7.47. The number of rotatable bonds is 5. The van der Waals surface area contributed by atoms with Crippen LogP contribution in [0.2, 0.25) is 0 Å². The molecule has 3 N–H and O–H groups in total. The number of nitrogens with one attached hydrogen (secondary N) is 1. The molecule has 1 unspecified atom stereocenters. The second-order valence-electron chi connectivity index (χ2n) is 6.49. The van der Waals surface area contributed by atoms with E-state index in [1.54, 1.807) is 36.4 Å². The Hall–Kier alpha value is -2.69. The van der Waals surface area contributed by atoms with Gasteiger partial charge in [0.25, 0.3) is 5.91 Å². The van der Waals surface area contributed by atoms with E-state index in [9.17, 15) is 14.0 Å². The molecule has 1 fully saturated rings. The van der Waals surface area contributed by atoms with Gasteiger partial charge in [0.2, 0.25) is 5.91 Å². The molecule has 0 aromatic heterocycles. The average molecular weight is 340 g/mol. The van der Waals surface area contributed by atoms with Crippen molar-refractivity contribution in [2.45, 2.75) is 31.7 Å². The third-order valence-corrected chi connectivity index (χ3v) is 4.82. The minimum Gasteiger partial charge on any atom is -0.366 e. The van der Waals surface area contributed by atoms with E-state index in [2.05, 4.69) is 5.32 Å². The summed E-state index contributed by atoms with van der Waals surface area (Å²) in [4.78, 5) is 23.8. The van der Waals surface area contributed by atoms with Crippen molar-refractivity contribution in [3.8, 4) is 0 Å². The first-order valence-electron chi connectivity index (χ1n) is 8.51. The van der Waals surface area contributed by atoms with Gasteiger partial charge in [0.1, 0.15) is 5.82 Å². The van der Waals surface area contributed by atoms with E-state index in [0.29, 0.717) is 17.0 Å². The number of hydrogen-bond acceptors (Lipinski definition) is 2. The predicted molar refractivity (Wildman–Crippen MR) is 93.5 cm³/mol. The molecule has 3 rings (SSSR count). The summed E-state index contributed by atoms with van der Waals surface area (Å²) in [5.74, 6) is -0.680. The molecule has 2 amide bonds. The molecule has 0 heterocycles. The Labute approximate surface area is 146 Å². The van der Waals surface area contributed by atoms with Crippen molar-refractivity contribution in [2.75, 3.05) is 0 Å². The van der Waals surface area contributed by atoms with Gasteiger partial charge in [-0.3, -0.25) is 9.59 Å². The first-order valence-corrected chi connectivity index (χ1v) is 8.51. The quantitative estimate of drug-likeness (QED) is 0.873. The number of amides is 2. The Morgan fingerprint density at radius 3 is 2.08 bits per heavy atom. The fourth-order valence-corrected chi connectivity index (χ4v) is 3.44. The van der Waals surface area contributed by atoms with Gasteiger partial charge in [0.05, 0.1) is 6.04 Å². The van der Waals surface area contributed by atoms with Crippen molar-refractivity contribution < 1.29 is 14.0 Å². The minimum atomic E-state index is -0.526. The van der Waals surface area contributed by atoms with Gasteiger partial charge in [0.15, 0.2) is 0 Å². The first kappa shape index (κ1) is 17.1. The highest BCUT2D eigenvalue weighted by molar-refractivity contribution is 5.97. The molecular weight excluding hydrogens is 319 g/mol. The van der Waals surface area contributed by atoms with Crippen LogP contribution in [-0.2, 0) is 0 Å². The molecule has 1 aliphatic carbocycles. The third-order valence-electron chi connectivity index (χ3n) is 4.82. The lowest BCUT2D eigenvalue weighted by Crippen LogP contribution is -2.32. The monoisotopic (exact) mass is 340 g/mol. The van der Waals surface area contributed by atoms with Gasteiger partial charge >= 0.3 is 0 Å². The molecule has 4 nitrogen and oxygen atoms in total. The van der Waals surface area contributed by atoms with E-state index in [4.69, 9.17) is 5.73 Å². The Bertz CT molecular complexity index is 750. The Morgan fingerprint density at radius 2 is 1.52 bits per heavy atom. The number of nitrogens with two attached hydrogens (primary N) is 1. The summed E-state index contributed by atoms with van der Waals surface area (Å²) < 4.78 is 13.2. The molecule has 25 heavy (non-hydrogen) atoms. The van der Waals surface area contributed by atoms with E-state index in [0.717, 1.165) is 31.2 Å². The van der Waals surface area contributed by atoms with E-state index in [1.165, 1.54) is 12.1 Å². The molecule has 2 aromatic rings. The molecule has 130 valence electrons. The van der Waals surface area contributed by atoms with E-state index < -0.39 is 5.91 Å². The third kappa shape index (κ3) is 4.05. The molecule has 1 atom stereocenters. The van der Waals surface area contributed by atoms with E-state index >= 15 is 0 Å². The molecule has 5 heteroatoms. The van der Waals surface area contributed by atoms with Gasteiger partial charge in [-0.2, -0.15) is 0 Å². The lowest BCUT2D eigenvalue weighted by Gasteiger charge is -2.25. The molecule has 0 aliphatic heterocycles. The standard InChI is InChI=1S/C20H21FN2O2/c21-17-11-9-14(10-12-17)18(13-3-1-2-4-13)23-20(25)16-7-5-15(6-8-16)19(22)24/h5-13,18H,1-4H2,(H2,22,24)(H,23,25). The maximum Gasteiger partial charge on any atom is 0.251 e. The summed E-state index contributed by atoms with van der Waals surface area (Å²) in [7, 11) is 0. The number of benzene rings is 2. The van der Waals surface area contributed by atoms with Crippen molar-refractivity contribution in [2.24, 2.45) is 11.7 Å². The summed E-state index contributed by atoms with van der Waals surface area (Å²) in [5.41, 5.74) is 6.96. The first-order chi connectivity index (χ1) is 12.0. The average Bonchev–Trinajstić information content (AvgIpc) is 3.15. The molecule has 1 aliphatic rings. The summed E-state index contributed by atoms with van der Waals surface area (Å²) in [6, 6.07) is 12.4. The Balaban J connectivity index is 1.80. The van der Waals surface area contributed by atoms with Crippen LogP contribution in [0.15, 0.2) is 48.5 Å². The zero-order valence-electron chi connectivity index (χ0n) is 13.9. The molecule has 1 saturated carbocycles. The largest absolute Gasteiger partial charge is 0.366 e. The zero-order valence-corrected chi connectivity index (χ0v) is 13.9. The van der Waals surface area contributed by atoms with E-state index in [-0.39, 0.29) is 17.8 Å². The second-order valence-corrected chi connectivity index (χ2v) is 6.49. The fourth-order valence-electron chi connectivity index (χ4n) is 3.44. The van der Waals surface area contributed by atoms with Crippen LogP contribution in [0.3, 0.4) is 0 Å². The normalized spacial score (nSPS) is 15.7. The number of carbonyl (C=O) groups is 2. The maximum atomic E-state index is 13.2. The van der Waals surface area contributed by atoms with Crippen LogP contribution in [0.25, 0.3) is 0 Å². The predicted octanol–water partition coefficient (Wildman–Crippen LogP) is 3.59. The SMILES string of the molecule is NC(=O)c1ccc(C(=O)NC(c2ccc(F)cc2)C2CCCC2)cc1. The van der Waals surface area contributed by atoms with Crippen LogP contribution in [0.4, 0.5) is 4.39 Å². The number of halogens is 1. The lowest BCUT2D eigenvalue weighted by atomic mass is 9.91. The van der Waals surface area contributed by atoms with Gasteiger partial charge in [-0.15, -0.1) is 0 Å². The maximum absolute atomic E-state index is 13.2. The molecular formula is C20H21FN2O2. The van der Waals surface area contributed by atoms with Crippen LogP contribution in [0.5, 0.6) is 0 Å². The van der Waals surface area contributed by atoms with Crippen LogP contribution >= 0.6 is 0 Å². The minimum absolute atomic E-state index is 0.147. The van der Waals surface area contributed by atoms with Crippen molar-refractivity contribution in [3.05, 3.63) is 71.0 Å². The van der Waals surface area contributed by atoms with Crippen LogP contribution in [-0.4, -0.2) is 11.8 Å². The lowest BCUT2D eigenvalue weighted by molar-refractivity contribution is 0.0920. The molecule has 0 saturated heterocycles. The van der Waals surface area contributed by atoms with Crippen molar-refractivity contribution >= 4 is 11.8 Å². The summed E-state index contributed by atoms with van der Waals surface area (Å²) >= 11 is 0. The number of primary amides is 1. The topological polar surface area (TPSA) is 72.2 Å². The molecule has 0 bridgehead atoms. The van der Waals surface area contributed by atoms with Crippen molar-refractivity contribution in [1.82, 2.24) is 5.32 Å². The Morgan fingerprint density at radius 1 is 0.960 bits per heavy atom. The van der Waals surface area contributed by atoms with Gasteiger partial charge in [0, 0.05) is 11.1 Å². The van der Waals surface area contributed by atoms with Crippen molar-refractivity contribution in [3.63, 3.8) is 0 Å². The Kier molecular flexibility index (Phi) is 5.12. The van der Waals surface area contributed by atoms with Gasteiger partial charge in [-0.1, -0.05) is 25.0 Å². The van der Waals surface area contributed by atoms with Crippen LogP contribution in [0.1, 0.15) is 58.0 Å². The fraction of sp³-hybridized carbons (Fsp3) is 0.300. The zero-order chi connectivity index (χ0) is 17.8. The number of carbonyl (C=O) groups excluding carboxylic acids is 2. The van der Waals surface area contributed by atoms with Crippen LogP contribution < -0.4 is 11.1 Å². The number of hydrogen-bond donors (Lipinski definition) is 2. The summed E-state index contributed by atoms with van der Waals surface area (Å²) in [5, 5.41) is 3.08. The highest BCUT2D eigenvalue weighted by atomic mass is 19.1. The van der Waals surface area contributed by atoms with Gasteiger partial charge in [-0.05, 0) is 60.7 Å². The van der Waals surface area contributed by atoms with Crippen molar-refractivity contribution in [1.29, 1.82) is 0 Å².